The molecule has 32 heavy (non-hydrogen) atoms. The van der Waals surface area contributed by atoms with Crippen LogP contribution < -0.4 is 15.4 Å². The van der Waals surface area contributed by atoms with Crippen molar-refractivity contribution in [2.24, 2.45) is 5.92 Å². The normalized spacial score (nSPS) is 22.6. The number of ether oxygens (including phenoxy) is 1. The number of carboxylic acids is 1. The van der Waals surface area contributed by atoms with Gasteiger partial charge in [0.05, 0.1) is 12.0 Å². The molecule has 0 bridgehead atoms. The first-order valence-corrected chi connectivity index (χ1v) is 10.9. The number of halogens is 2. The Kier molecular flexibility index (Phi) is 7.87. The molecule has 1 aromatic carbocycles. The SMILES string of the molecule is O=C(NCCNC(=O)N1CCC(F)(F)CC1)c1ccc(O[C@H]2CC[C@@H](C(=O)O)CC2)cc1. The molecule has 176 valence electrons. The molecule has 1 aromatic rings. The molecule has 2 fully saturated rings. The number of carboxylic acid groups (broad SMARTS) is 1. The van der Waals surface area contributed by atoms with Gasteiger partial charge in [0.25, 0.3) is 11.8 Å². The van der Waals surface area contributed by atoms with Gasteiger partial charge >= 0.3 is 12.0 Å². The summed E-state index contributed by atoms with van der Waals surface area (Å²) in [5.41, 5.74) is 0.441. The Labute approximate surface area is 185 Å². The minimum Gasteiger partial charge on any atom is -0.490 e. The zero-order chi connectivity index (χ0) is 23.1. The molecule has 1 aliphatic carbocycles. The average Bonchev–Trinajstić information content (AvgIpc) is 2.77. The standard InChI is InChI=1S/C22H29F2N3O5/c23-22(24)9-13-27(14-10-22)21(31)26-12-11-25-19(28)15-1-5-17(6-2-15)32-18-7-3-16(4-8-18)20(29)30/h1-2,5-6,16,18H,3-4,7-14H2,(H,25,28)(H,26,31)(H,29,30)/t16-,18+. The van der Waals surface area contributed by atoms with Crippen LogP contribution in [0.5, 0.6) is 5.75 Å². The molecule has 8 nitrogen and oxygen atoms in total. The first kappa shape index (κ1) is 23.7. The van der Waals surface area contributed by atoms with Crippen LogP contribution in [0.4, 0.5) is 13.6 Å². The highest BCUT2D eigenvalue weighted by Crippen LogP contribution is 2.28. The van der Waals surface area contributed by atoms with Crippen molar-refractivity contribution in [1.29, 1.82) is 0 Å². The maximum absolute atomic E-state index is 13.1. The van der Waals surface area contributed by atoms with Gasteiger partial charge < -0.3 is 25.4 Å². The third-order valence-corrected chi connectivity index (χ3v) is 5.91. The van der Waals surface area contributed by atoms with Crippen LogP contribution in [-0.4, -0.2) is 66.1 Å². The first-order chi connectivity index (χ1) is 15.2. The predicted octanol–water partition coefficient (Wildman–Crippen LogP) is 2.88. The van der Waals surface area contributed by atoms with Crippen molar-refractivity contribution in [2.75, 3.05) is 26.2 Å². The van der Waals surface area contributed by atoms with Gasteiger partial charge in [-0.1, -0.05) is 0 Å². The van der Waals surface area contributed by atoms with Gasteiger partial charge in [0.2, 0.25) is 0 Å². The van der Waals surface area contributed by atoms with E-state index in [-0.39, 0.29) is 56.9 Å². The van der Waals surface area contributed by atoms with Crippen LogP contribution >= 0.6 is 0 Å². The van der Waals surface area contributed by atoms with Crippen molar-refractivity contribution in [3.05, 3.63) is 29.8 Å². The molecule has 3 rings (SSSR count). The van der Waals surface area contributed by atoms with E-state index >= 15 is 0 Å². The number of hydrogen-bond acceptors (Lipinski definition) is 4. The van der Waals surface area contributed by atoms with Crippen molar-refractivity contribution >= 4 is 17.9 Å². The number of nitrogens with one attached hydrogen (secondary N) is 2. The van der Waals surface area contributed by atoms with E-state index < -0.39 is 17.9 Å². The van der Waals surface area contributed by atoms with Gasteiger partial charge in [-0.05, 0) is 49.9 Å². The minimum atomic E-state index is -2.70. The number of amides is 3. The van der Waals surface area contributed by atoms with Crippen molar-refractivity contribution in [1.82, 2.24) is 15.5 Å². The van der Waals surface area contributed by atoms with Crippen LogP contribution in [0.25, 0.3) is 0 Å². The Bertz CT molecular complexity index is 800. The average molecular weight is 453 g/mol. The second kappa shape index (κ2) is 10.6. The van der Waals surface area contributed by atoms with Crippen molar-refractivity contribution in [3.8, 4) is 5.75 Å². The van der Waals surface area contributed by atoms with Gasteiger partial charge in [0, 0.05) is 44.6 Å². The molecule has 1 heterocycles. The zero-order valence-electron chi connectivity index (χ0n) is 17.8. The topological polar surface area (TPSA) is 108 Å². The molecule has 0 atom stereocenters. The Balaban J connectivity index is 1.34. The largest absolute Gasteiger partial charge is 0.490 e. The number of carbonyl (C=O) groups is 3. The van der Waals surface area contributed by atoms with Crippen molar-refractivity contribution in [3.63, 3.8) is 0 Å². The lowest BCUT2D eigenvalue weighted by molar-refractivity contribution is -0.143. The van der Waals surface area contributed by atoms with Crippen LogP contribution in [0, 0.1) is 5.92 Å². The molecule has 1 aliphatic heterocycles. The number of carbonyl (C=O) groups excluding carboxylic acids is 2. The van der Waals surface area contributed by atoms with Crippen LogP contribution in [0.1, 0.15) is 48.9 Å². The lowest BCUT2D eigenvalue weighted by Crippen LogP contribution is -2.48. The Morgan fingerprint density at radius 1 is 1.00 bits per heavy atom. The molecule has 0 unspecified atom stereocenters. The van der Waals surface area contributed by atoms with Gasteiger partial charge in [-0.15, -0.1) is 0 Å². The molecule has 2 aliphatic rings. The Hall–Kier alpha value is -2.91. The van der Waals surface area contributed by atoms with E-state index in [0.29, 0.717) is 37.0 Å². The number of piperidine rings is 1. The number of likely N-dealkylation sites (tertiary alicyclic amines) is 1. The molecular weight excluding hydrogens is 424 g/mol. The van der Waals surface area contributed by atoms with E-state index in [1.165, 1.54) is 4.90 Å². The van der Waals surface area contributed by atoms with Gasteiger partial charge in [0.1, 0.15) is 5.75 Å². The van der Waals surface area contributed by atoms with E-state index in [0.717, 1.165) is 0 Å². The highest BCUT2D eigenvalue weighted by molar-refractivity contribution is 5.94. The summed E-state index contributed by atoms with van der Waals surface area (Å²) in [6, 6.07) is 6.27. The molecule has 10 heteroatoms. The molecule has 1 saturated carbocycles. The monoisotopic (exact) mass is 453 g/mol. The summed E-state index contributed by atoms with van der Waals surface area (Å²) in [4.78, 5) is 36.6. The fourth-order valence-corrected chi connectivity index (χ4v) is 3.90. The number of rotatable bonds is 7. The molecule has 0 aromatic heterocycles. The van der Waals surface area contributed by atoms with Gasteiger partial charge in [0.15, 0.2) is 0 Å². The molecule has 3 N–H and O–H groups in total. The smallest absolute Gasteiger partial charge is 0.317 e. The van der Waals surface area contributed by atoms with Crippen LogP contribution in [0.15, 0.2) is 24.3 Å². The van der Waals surface area contributed by atoms with Crippen LogP contribution in [0.3, 0.4) is 0 Å². The van der Waals surface area contributed by atoms with E-state index in [4.69, 9.17) is 9.84 Å². The number of hydrogen-bond donors (Lipinski definition) is 3. The fraction of sp³-hybridized carbons (Fsp3) is 0.591. The summed E-state index contributed by atoms with van der Waals surface area (Å²) in [6.07, 6.45) is 1.87. The van der Waals surface area contributed by atoms with E-state index in [1.54, 1.807) is 24.3 Å². The maximum atomic E-state index is 13.1. The van der Waals surface area contributed by atoms with Gasteiger partial charge in [-0.25, -0.2) is 13.6 Å². The van der Waals surface area contributed by atoms with E-state index in [2.05, 4.69) is 10.6 Å². The summed E-state index contributed by atoms with van der Waals surface area (Å²) >= 11 is 0. The molecule has 3 amide bonds. The van der Waals surface area contributed by atoms with E-state index in [1.807, 2.05) is 0 Å². The lowest BCUT2D eigenvalue weighted by Gasteiger charge is -2.31. The predicted molar refractivity (Wildman–Crippen MR) is 112 cm³/mol. The van der Waals surface area contributed by atoms with E-state index in [9.17, 15) is 23.2 Å². The number of alkyl halides is 2. The maximum Gasteiger partial charge on any atom is 0.317 e. The van der Waals surface area contributed by atoms with Gasteiger partial charge in [-0.2, -0.15) is 0 Å². The number of aliphatic carboxylic acids is 1. The highest BCUT2D eigenvalue weighted by atomic mass is 19.3. The van der Waals surface area contributed by atoms with Crippen molar-refractivity contribution < 1.29 is 33.0 Å². The highest BCUT2D eigenvalue weighted by Gasteiger charge is 2.35. The second-order valence-corrected chi connectivity index (χ2v) is 8.28. The first-order valence-electron chi connectivity index (χ1n) is 10.9. The number of urea groups is 1. The van der Waals surface area contributed by atoms with Crippen molar-refractivity contribution in [2.45, 2.75) is 50.6 Å². The third kappa shape index (κ3) is 6.80. The lowest BCUT2D eigenvalue weighted by atomic mass is 9.87. The second-order valence-electron chi connectivity index (χ2n) is 8.28. The minimum absolute atomic E-state index is 0.0145. The number of nitrogens with zero attached hydrogens (tertiary/aromatic N) is 1. The molecular formula is C22H29F2N3O5. The third-order valence-electron chi connectivity index (χ3n) is 5.91. The Morgan fingerprint density at radius 3 is 2.19 bits per heavy atom. The Morgan fingerprint density at radius 2 is 1.59 bits per heavy atom. The summed E-state index contributed by atoms with van der Waals surface area (Å²) in [5.74, 6) is -3.43. The summed E-state index contributed by atoms with van der Waals surface area (Å²) < 4.78 is 32.2. The summed E-state index contributed by atoms with van der Waals surface area (Å²) in [5, 5.41) is 14.4. The fourth-order valence-electron chi connectivity index (χ4n) is 3.90. The van der Waals surface area contributed by atoms with Crippen LogP contribution in [-0.2, 0) is 4.79 Å². The molecule has 0 spiro atoms. The number of benzene rings is 1. The summed E-state index contributed by atoms with van der Waals surface area (Å²) in [7, 11) is 0. The quantitative estimate of drug-likeness (QED) is 0.551. The molecule has 0 radical (unpaired) electrons. The molecule has 1 saturated heterocycles. The van der Waals surface area contributed by atoms with Gasteiger partial charge in [-0.3, -0.25) is 9.59 Å². The van der Waals surface area contributed by atoms with Crippen LogP contribution in [0.2, 0.25) is 0 Å². The zero-order valence-corrected chi connectivity index (χ0v) is 17.8. The summed E-state index contributed by atoms with van der Waals surface area (Å²) in [6.45, 7) is 0.429.